The molecule has 0 N–H and O–H groups in total. The second kappa shape index (κ2) is 8.81. The SMILES string of the molecule is Cc1ccc(C(=O)OC(C[N+]2(C)CCCC2)c2ccccc2)cc1.[I-]. The number of hydrogen-bond donors (Lipinski definition) is 0. The van der Waals surface area contributed by atoms with Gasteiger partial charge in [-0.1, -0.05) is 48.0 Å². The van der Waals surface area contributed by atoms with Crippen LogP contribution in [0.25, 0.3) is 0 Å². The van der Waals surface area contributed by atoms with Crippen molar-refractivity contribution >= 4 is 5.97 Å². The second-order valence-corrected chi connectivity index (χ2v) is 7.13. The normalized spacial score (nSPS) is 16.7. The van der Waals surface area contributed by atoms with Gasteiger partial charge in [-0.2, -0.15) is 0 Å². The van der Waals surface area contributed by atoms with Crippen molar-refractivity contribution < 1.29 is 38.0 Å². The number of benzene rings is 2. The number of halogens is 1. The molecule has 0 bridgehead atoms. The molecule has 1 aliphatic heterocycles. The fourth-order valence-electron chi connectivity index (χ4n) is 3.45. The Kier molecular flexibility index (Phi) is 7.02. The second-order valence-electron chi connectivity index (χ2n) is 7.13. The van der Waals surface area contributed by atoms with Crippen LogP contribution in [0.1, 0.15) is 40.4 Å². The van der Waals surface area contributed by atoms with Gasteiger partial charge in [-0.15, -0.1) is 0 Å². The van der Waals surface area contributed by atoms with Gasteiger partial charge in [0.2, 0.25) is 0 Å². The molecule has 0 radical (unpaired) electrons. The first kappa shape index (κ1) is 19.9. The minimum atomic E-state index is -0.241. The molecule has 1 saturated heterocycles. The van der Waals surface area contributed by atoms with E-state index in [1.165, 1.54) is 12.8 Å². The average molecular weight is 451 g/mol. The standard InChI is InChI=1S/C21H26NO2.HI/c1-17-10-12-19(13-11-17)21(23)24-20(18-8-4-3-5-9-18)16-22(2)14-6-7-15-22;/h3-5,8-13,20H,6-7,14-16H2,1-2H3;1H/q+1;/p-1. The number of carbonyl (C=O) groups excluding carboxylic acids is 1. The van der Waals surface area contributed by atoms with Crippen molar-refractivity contribution in [1.29, 1.82) is 0 Å². The lowest BCUT2D eigenvalue weighted by atomic mass is 10.1. The van der Waals surface area contributed by atoms with Crippen molar-refractivity contribution in [3.05, 3.63) is 71.3 Å². The molecule has 2 aromatic rings. The van der Waals surface area contributed by atoms with Crippen molar-refractivity contribution in [3.63, 3.8) is 0 Å². The van der Waals surface area contributed by atoms with Crippen LogP contribution in [0.2, 0.25) is 0 Å². The fraction of sp³-hybridized carbons (Fsp3) is 0.381. The third-order valence-corrected chi connectivity index (χ3v) is 4.96. The Balaban J connectivity index is 0.00000225. The van der Waals surface area contributed by atoms with E-state index in [-0.39, 0.29) is 36.0 Å². The summed E-state index contributed by atoms with van der Waals surface area (Å²) in [6.07, 6.45) is 2.30. The molecule has 0 spiro atoms. The van der Waals surface area contributed by atoms with Gasteiger partial charge in [-0.3, -0.25) is 0 Å². The van der Waals surface area contributed by atoms with E-state index in [2.05, 4.69) is 19.2 Å². The Morgan fingerprint density at radius 1 is 1.04 bits per heavy atom. The highest BCUT2D eigenvalue weighted by Gasteiger charge is 2.33. The molecule has 0 aromatic heterocycles. The summed E-state index contributed by atoms with van der Waals surface area (Å²) in [7, 11) is 2.27. The van der Waals surface area contributed by atoms with E-state index < -0.39 is 0 Å². The number of hydrogen-bond acceptors (Lipinski definition) is 2. The molecular formula is C21H26INO2. The third-order valence-electron chi connectivity index (χ3n) is 4.96. The van der Waals surface area contributed by atoms with E-state index in [1.54, 1.807) is 0 Å². The number of rotatable bonds is 5. The van der Waals surface area contributed by atoms with Crippen LogP contribution < -0.4 is 24.0 Å². The molecule has 1 unspecified atom stereocenters. The topological polar surface area (TPSA) is 26.3 Å². The Morgan fingerprint density at radius 3 is 2.24 bits per heavy atom. The van der Waals surface area contributed by atoms with Gasteiger partial charge in [0, 0.05) is 12.8 Å². The van der Waals surface area contributed by atoms with Gasteiger partial charge in [0.1, 0.15) is 6.54 Å². The number of aryl methyl sites for hydroxylation is 1. The van der Waals surface area contributed by atoms with Crippen molar-refractivity contribution in [1.82, 2.24) is 0 Å². The van der Waals surface area contributed by atoms with Crippen molar-refractivity contribution in [2.75, 3.05) is 26.7 Å². The predicted octanol–water partition coefficient (Wildman–Crippen LogP) is 1.14. The maximum absolute atomic E-state index is 12.6. The molecule has 1 heterocycles. The fourth-order valence-corrected chi connectivity index (χ4v) is 3.45. The van der Waals surface area contributed by atoms with Gasteiger partial charge in [0.25, 0.3) is 0 Å². The zero-order valence-electron chi connectivity index (χ0n) is 15.0. The van der Waals surface area contributed by atoms with Crippen LogP contribution >= 0.6 is 0 Å². The molecular weight excluding hydrogens is 425 g/mol. The van der Waals surface area contributed by atoms with Crippen molar-refractivity contribution in [2.45, 2.75) is 25.9 Å². The Bertz CT molecular complexity index is 679. The summed E-state index contributed by atoms with van der Waals surface area (Å²) in [5.74, 6) is -0.241. The molecule has 0 saturated carbocycles. The molecule has 1 fully saturated rings. The van der Waals surface area contributed by atoms with Crippen molar-refractivity contribution in [3.8, 4) is 0 Å². The minimum absolute atomic E-state index is 0. The Hall–Kier alpha value is -1.40. The average Bonchev–Trinajstić information content (AvgIpc) is 3.02. The molecule has 2 aromatic carbocycles. The maximum Gasteiger partial charge on any atom is 0.338 e. The molecule has 1 aliphatic rings. The molecule has 4 heteroatoms. The zero-order valence-corrected chi connectivity index (χ0v) is 17.1. The van der Waals surface area contributed by atoms with Gasteiger partial charge < -0.3 is 33.2 Å². The minimum Gasteiger partial charge on any atom is -1.00 e. The van der Waals surface area contributed by atoms with Gasteiger partial charge in [-0.05, 0) is 24.6 Å². The Morgan fingerprint density at radius 2 is 1.64 bits per heavy atom. The zero-order chi connectivity index (χ0) is 17.0. The summed E-state index contributed by atoms with van der Waals surface area (Å²) in [4.78, 5) is 12.6. The van der Waals surface area contributed by atoms with Crippen LogP contribution in [-0.2, 0) is 4.74 Å². The number of likely N-dealkylation sites (N-methyl/N-ethyl adjacent to an activating group) is 1. The molecule has 3 rings (SSSR count). The van der Waals surface area contributed by atoms with Crippen LogP contribution in [0.15, 0.2) is 54.6 Å². The van der Waals surface area contributed by atoms with Gasteiger partial charge in [0.15, 0.2) is 6.10 Å². The maximum atomic E-state index is 12.6. The van der Waals surface area contributed by atoms with Gasteiger partial charge in [-0.25, -0.2) is 4.79 Å². The summed E-state index contributed by atoms with van der Waals surface area (Å²) >= 11 is 0. The monoisotopic (exact) mass is 451 g/mol. The third kappa shape index (κ3) is 5.28. The van der Waals surface area contributed by atoms with Crippen molar-refractivity contribution in [2.24, 2.45) is 0 Å². The van der Waals surface area contributed by atoms with Gasteiger partial charge in [0.05, 0.1) is 25.7 Å². The number of nitrogens with zero attached hydrogens (tertiary/aromatic N) is 1. The van der Waals surface area contributed by atoms with E-state index >= 15 is 0 Å². The highest BCUT2D eigenvalue weighted by molar-refractivity contribution is 5.89. The first-order valence-corrected chi connectivity index (χ1v) is 8.72. The first-order chi connectivity index (χ1) is 11.6. The summed E-state index contributed by atoms with van der Waals surface area (Å²) in [5.41, 5.74) is 2.83. The Labute approximate surface area is 167 Å². The molecule has 134 valence electrons. The quantitative estimate of drug-likeness (QED) is 0.387. The molecule has 25 heavy (non-hydrogen) atoms. The van der Waals surface area contributed by atoms with E-state index in [9.17, 15) is 4.79 Å². The van der Waals surface area contributed by atoms with Crippen LogP contribution in [0.4, 0.5) is 0 Å². The van der Waals surface area contributed by atoms with Crippen LogP contribution in [0, 0.1) is 6.92 Å². The van der Waals surface area contributed by atoms with Crippen LogP contribution in [0.3, 0.4) is 0 Å². The van der Waals surface area contributed by atoms with E-state index in [0.717, 1.165) is 35.2 Å². The predicted molar refractivity (Wildman–Crippen MR) is 95.8 cm³/mol. The highest BCUT2D eigenvalue weighted by Crippen LogP contribution is 2.26. The first-order valence-electron chi connectivity index (χ1n) is 8.72. The lowest BCUT2D eigenvalue weighted by Crippen LogP contribution is -3.00. The van der Waals surface area contributed by atoms with Crippen LogP contribution in [-0.4, -0.2) is 37.1 Å². The molecule has 1 atom stereocenters. The molecule has 0 aliphatic carbocycles. The summed E-state index contributed by atoms with van der Waals surface area (Å²) < 4.78 is 6.91. The van der Waals surface area contributed by atoms with Gasteiger partial charge >= 0.3 is 5.97 Å². The largest absolute Gasteiger partial charge is 1.00 e. The van der Waals surface area contributed by atoms with E-state index in [1.807, 2.05) is 49.4 Å². The number of carbonyl (C=O) groups is 1. The molecule has 3 nitrogen and oxygen atoms in total. The summed E-state index contributed by atoms with van der Waals surface area (Å²) in [5, 5.41) is 0. The highest BCUT2D eigenvalue weighted by atomic mass is 127. The van der Waals surface area contributed by atoms with E-state index in [4.69, 9.17) is 4.74 Å². The number of ether oxygens (including phenoxy) is 1. The lowest BCUT2D eigenvalue weighted by Gasteiger charge is -2.33. The summed E-state index contributed by atoms with van der Waals surface area (Å²) in [6, 6.07) is 17.7. The number of quaternary nitrogens is 1. The number of esters is 1. The van der Waals surface area contributed by atoms with Crippen LogP contribution in [0.5, 0.6) is 0 Å². The summed E-state index contributed by atoms with van der Waals surface area (Å²) in [6.45, 7) is 5.17. The van der Waals surface area contributed by atoms with E-state index in [0.29, 0.717) is 5.56 Å². The number of likely N-dealkylation sites (tertiary alicyclic amines) is 1. The lowest BCUT2D eigenvalue weighted by molar-refractivity contribution is -0.901. The smallest absolute Gasteiger partial charge is 0.338 e. The molecule has 0 amide bonds.